The Kier molecular flexibility index (Phi) is 5.56. The fraction of sp³-hybridized carbons (Fsp3) is 0.529. The Hall–Kier alpha value is -1.53. The van der Waals surface area contributed by atoms with Crippen molar-refractivity contribution < 1.29 is 4.42 Å². The largest absolute Gasteiger partial charge is 0.464 e. The summed E-state index contributed by atoms with van der Waals surface area (Å²) in [5.74, 6) is 3.97. The smallest absolute Gasteiger partial charge is 0.151 e. The van der Waals surface area contributed by atoms with Crippen LogP contribution in [0.4, 0.5) is 5.82 Å². The van der Waals surface area contributed by atoms with Gasteiger partial charge in [-0.05, 0) is 50.3 Å². The van der Waals surface area contributed by atoms with Gasteiger partial charge in [-0.2, -0.15) is 16.9 Å². The second-order valence-corrected chi connectivity index (χ2v) is 6.87. The third-order valence-electron chi connectivity index (χ3n) is 4.10. The number of aromatic nitrogens is 2. The molecule has 124 valence electrons. The quantitative estimate of drug-likeness (QED) is 0.877. The van der Waals surface area contributed by atoms with Gasteiger partial charge in [-0.3, -0.25) is 0 Å². The molecule has 0 aliphatic carbocycles. The summed E-state index contributed by atoms with van der Waals surface area (Å²) in [5, 5.41) is 12.1. The zero-order valence-electron chi connectivity index (χ0n) is 13.8. The van der Waals surface area contributed by atoms with Crippen molar-refractivity contribution in [2.24, 2.45) is 0 Å². The molecule has 3 heterocycles. The molecule has 0 amide bonds. The maximum Gasteiger partial charge on any atom is 0.151 e. The number of anilines is 1. The van der Waals surface area contributed by atoms with Crippen molar-refractivity contribution in [3.05, 3.63) is 41.5 Å². The number of nitrogens with zero attached hydrogens (tertiary/aromatic N) is 3. The van der Waals surface area contributed by atoms with E-state index in [-0.39, 0.29) is 0 Å². The molecule has 1 fully saturated rings. The monoisotopic (exact) mass is 332 g/mol. The van der Waals surface area contributed by atoms with Gasteiger partial charge in [-0.15, -0.1) is 5.10 Å². The Bertz CT molecular complexity index is 613. The number of piperidine rings is 1. The van der Waals surface area contributed by atoms with E-state index in [2.05, 4.69) is 44.9 Å². The van der Waals surface area contributed by atoms with Crippen LogP contribution in [0, 0.1) is 6.92 Å². The van der Waals surface area contributed by atoms with E-state index in [1.807, 2.05) is 13.0 Å². The number of thioether (sulfide) groups is 1. The Balaban J connectivity index is 1.53. The summed E-state index contributed by atoms with van der Waals surface area (Å²) in [7, 11) is 0. The summed E-state index contributed by atoms with van der Waals surface area (Å²) < 4.78 is 5.82. The Labute approximate surface area is 141 Å². The van der Waals surface area contributed by atoms with Crippen molar-refractivity contribution in [3.63, 3.8) is 0 Å². The fourth-order valence-electron chi connectivity index (χ4n) is 2.89. The summed E-state index contributed by atoms with van der Waals surface area (Å²) in [5.41, 5.74) is 0.958. The first kappa shape index (κ1) is 16.3. The predicted molar refractivity (Wildman–Crippen MR) is 94.8 cm³/mol. The molecule has 0 radical (unpaired) electrons. The van der Waals surface area contributed by atoms with Gasteiger partial charge in [0, 0.05) is 19.1 Å². The SMILES string of the molecule is CSCc1ccc(CN[C@H]2CCCN(c3ccc(C)nn3)C2)o1. The lowest BCUT2D eigenvalue weighted by Gasteiger charge is -2.33. The highest BCUT2D eigenvalue weighted by Gasteiger charge is 2.21. The van der Waals surface area contributed by atoms with Crippen LogP contribution in [0.1, 0.15) is 30.1 Å². The van der Waals surface area contributed by atoms with Crippen LogP contribution in [-0.4, -0.2) is 35.6 Å². The van der Waals surface area contributed by atoms with Crippen LogP contribution in [0.2, 0.25) is 0 Å². The minimum absolute atomic E-state index is 0.459. The molecule has 1 aliphatic rings. The molecule has 1 aliphatic heterocycles. The van der Waals surface area contributed by atoms with E-state index in [1.54, 1.807) is 11.8 Å². The second-order valence-electron chi connectivity index (χ2n) is 6.00. The molecule has 1 atom stereocenters. The first-order valence-corrected chi connectivity index (χ1v) is 9.49. The summed E-state index contributed by atoms with van der Waals surface area (Å²) in [6.07, 6.45) is 4.45. The minimum atomic E-state index is 0.459. The highest BCUT2D eigenvalue weighted by Crippen LogP contribution is 2.18. The summed E-state index contributed by atoms with van der Waals surface area (Å²) >= 11 is 1.78. The van der Waals surface area contributed by atoms with Crippen LogP contribution in [-0.2, 0) is 12.3 Å². The molecule has 0 aromatic carbocycles. The van der Waals surface area contributed by atoms with Crippen molar-refractivity contribution in [2.45, 2.75) is 38.1 Å². The summed E-state index contributed by atoms with van der Waals surface area (Å²) in [6, 6.07) is 8.69. The van der Waals surface area contributed by atoms with Gasteiger partial charge >= 0.3 is 0 Å². The summed E-state index contributed by atoms with van der Waals surface area (Å²) in [6.45, 7) is 4.77. The van der Waals surface area contributed by atoms with Crippen LogP contribution in [0.3, 0.4) is 0 Å². The Morgan fingerprint density at radius 1 is 1.26 bits per heavy atom. The fourth-order valence-corrected chi connectivity index (χ4v) is 3.33. The second kappa shape index (κ2) is 7.84. The van der Waals surface area contributed by atoms with Crippen LogP contribution in [0.25, 0.3) is 0 Å². The molecule has 0 saturated carbocycles. The van der Waals surface area contributed by atoms with Crippen LogP contribution >= 0.6 is 11.8 Å². The maximum absolute atomic E-state index is 5.82. The van der Waals surface area contributed by atoms with Gasteiger partial charge in [-0.25, -0.2) is 0 Å². The third kappa shape index (κ3) is 4.48. The lowest BCUT2D eigenvalue weighted by atomic mass is 10.1. The lowest BCUT2D eigenvalue weighted by molar-refractivity contribution is 0.388. The molecule has 2 aromatic rings. The Morgan fingerprint density at radius 3 is 2.91 bits per heavy atom. The number of furan rings is 1. The molecule has 3 rings (SSSR count). The zero-order valence-corrected chi connectivity index (χ0v) is 14.6. The van der Waals surface area contributed by atoms with E-state index in [0.29, 0.717) is 6.04 Å². The number of aryl methyl sites for hydroxylation is 1. The number of hydrogen-bond donors (Lipinski definition) is 1. The average Bonchev–Trinajstić information content (AvgIpc) is 3.02. The van der Waals surface area contributed by atoms with Gasteiger partial charge in [0.2, 0.25) is 0 Å². The van der Waals surface area contributed by atoms with Crippen molar-refractivity contribution in [3.8, 4) is 0 Å². The zero-order chi connectivity index (χ0) is 16.1. The molecule has 0 spiro atoms. The van der Waals surface area contributed by atoms with Gasteiger partial charge in [0.15, 0.2) is 5.82 Å². The van der Waals surface area contributed by atoms with Crippen molar-refractivity contribution in [1.29, 1.82) is 0 Å². The normalized spacial score (nSPS) is 18.3. The molecule has 23 heavy (non-hydrogen) atoms. The summed E-state index contributed by atoms with van der Waals surface area (Å²) in [4.78, 5) is 2.31. The van der Waals surface area contributed by atoms with Crippen LogP contribution in [0.15, 0.2) is 28.7 Å². The van der Waals surface area contributed by atoms with Crippen LogP contribution < -0.4 is 10.2 Å². The first-order chi connectivity index (χ1) is 11.2. The van der Waals surface area contributed by atoms with E-state index in [4.69, 9.17) is 4.42 Å². The third-order valence-corrected chi connectivity index (χ3v) is 4.67. The average molecular weight is 332 g/mol. The molecule has 0 unspecified atom stereocenters. The molecule has 0 bridgehead atoms. The lowest BCUT2D eigenvalue weighted by Crippen LogP contribution is -2.45. The highest BCUT2D eigenvalue weighted by molar-refractivity contribution is 7.97. The van der Waals surface area contributed by atoms with Crippen molar-refractivity contribution in [1.82, 2.24) is 15.5 Å². The van der Waals surface area contributed by atoms with Crippen molar-refractivity contribution >= 4 is 17.6 Å². The van der Waals surface area contributed by atoms with Gasteiger partial charge < -0.3 is 14.6 Å². The van der Waals surface area contributed by atoms with E-state index in [1.165, 1.54) is 12.8 Å². The first-order valence-electron chi connectivity index (χ1n) is 8.10. The highest BCUT2D eigenvalue weighted by atomic mass is 32.2. The maximum atomic E-state index is 5.82. The topological polar surface area (TPSA) is 54.2 Å². The van der Waals surface area contributed by atoms with Gasteiger partial charge in [0.1, 0.15) is 11.5 Å². The predicted octanol–water partition coefficient (Wildman–Crippen LogP) is 3.00. The van der Waals surface area contributed by atoms with Crippen molar-refractivity contribution in [2.75, 3.05) is 24.2 Å². The number of hydrogen-bond acceptors (Lipinski definition) is 6. The molecule has 5 nitrogen and oxygen atoms in total. The van der Waals surface area contributed by atoms with Gasteiger partial charge in [0.25, 0.3) is 0 Å². The molecule has 2 aromatic heterocycles. The van der Waals surface area contributed by atoms with E-state index >= 15 is 0 Å². The van der Waals surface area contributed by atoms with Gasteiger partial charge in [0.05, 0.1) is 18.0 Å². The molecule has 1 saturated heterocycles. The van der Waals surface area contributed by atoms with E-state index in [9.17, 15) is 0 Å². The van der Waals surface area contributed by atoms with E-state index < -0.39 is 0 Å². The standard InChI is InChI=1S/C17H24N4OS/c1-13-5-8-17(20-19-13)21-9-3-4-14(11-21)18-10-15-6-7-16(22-15)12-23-2/h5-8,14,18H,3-4,9-12H2,1-2H3/t14-/m0/s1. The van der Waals surface area contributed by atoms with Gasteiger partial charge in [-0.1, -0.05) is 0 Å². The minimum Gasteiger partial charge on any atom is -0.464 e. The number of rotatable bonds is 6. The molecule has 1 N–H and O–H groups in total. The Morgan fingerprint density at radius 2 is 2.13 bits per heavy atom. The molecular formula is C17H24N4OS. The number of nitrogens with one attached hydrogen (secondary N) is 1. The molecule has 6 heteroatoms. The van der Waals surface area contributed by atoms with Crippen LogP contribution in [0.5, 0.6) is 0 Å². The molecular weight excluding hydrogens is 308 g/mol. The van der Waals surface area contributed by atoms with E-state index in [0.717, 1.165) is 48.4 Å².